The fourth-order valence-electron chi connectivity index (χ4n) is 3.16. The topological polar surface area (TPSA) is 41.6 Å². The molecule has 1 fully saturated rings. The van der Waals surface area contributed by atoms with Gasteiger partial charge in [-0.1, -0.05) is 19.9 Å². The minimum atomic E-state index is -0.188. The fraction of sp³-hybridized carbons (Fsp3) is 0.800. The second-order valence-electron chi connectivity index (χ2n) is 6.03. The maximum absolute atomic E-state index is 12.9. The van der Waals surface area contributed by atoms with E-state index in [0.29, 0.717) is 18.4 Å². The van der Waals surface area contributed by atoms with Crippen molar-refractivity contribution in [1.82, 2.24) is 10.2 Å². The van der Waals surface area contributed by atoms with Crippen molar-refractivity contribution in [1.29, 1.82) is 0 Å². The number of carbonyl (C=O) groups excluding carboxylic acids is 1. The molecular formula is C15H26N2O2. The molecule has 1 unspecified atom stereocenters. The third kappa shape index (κ3) is 2.84. The molecule has 0 spiro atoms. The van der Waals surface area contributed by atoms with Crippen molar-refractivity contribution in [3.63, 3.8) is 0 Å². The van der Waals surface area contributed by atoms with Crippen molar-refractivity contribution in [3.05, 3.63) is 11.6 Å². The van der Waals surface area contributed by atoms with Gasteiger partial charge in [0.1, 0.15) is 0 Å². The summed E-state index contributed by atoms with van der Waals surface area (Å²) >= 11 is 0. The van der Waals surface area contributed by atoms with Gasteiger partial charge in [-0.3, -0.25) is 4.79 Å². The molecule has 4 heteroatoms. The Hall–Kier alpha value is -0.870. The Labute approximate surface area is 116 Å². The first kappa shape index (κ1) is 14.5. The van der Waals surface area contributed by atoms with E-state index in [0.717, 1.165) is 39.0 Å². The molecular weight excluding hydrogens is 240 g/mol. The summed E-state index contributed by atoms with van der Waals surface area (Å²) in [6.07, 6.45) is 4.07. The van der Waals surface area contributed by atoms with Crippen LogP contribution >= 0.6 is 0 Å². The fourth-order valence-corrected chi connectivity index (χ4v) is 3.16. The first-order valence-electron chi connectivity index (χ1n) is 7.27. The highest BCUT2D eigenvalue weighted by atomic mass is 16.5. The number of rotatable bonds is 4. The number of amides is 1. The van der Waals surface area contributed by atoms with Crippen LogP contribution in [0.5, 0.6) is 0 Å². The Morgan fingerprint density at radius 1 is 1.58 bits per heavy atom. The molecule has 1 N–H and O–H groups in total. The lowest BCUT2D eigenvalue weighted by atomic mass is 9.75. The normalized spacial score (nSPS) is 27.8. The molecule has 1 amide bonds. The summed E-state index contributed by atoms with van der Waals surface area (Å²) in [6, 6.07) is 0. The van der Waals surface area contributed by atoms with E-state index in [1.807, 2.05) is 4.90 Å². The van der Waals surface area contributed by atoms with Crippen LogP contribution in [0.15, 0.2) is 11.6 Å². The quantitative estimate of drug-likeness (QED) is 0.783. The van der Waals surface area contributed by atoms with E-state index in [4.69, 9.17) is 4.74 Å². The second-order valence-corrected chi connectivity index (χ2v) is 6.03. The number of hydrogen-bond acceptors (Lipinski definition) is 3. The summed E-state index contributed by atoms with van der Waals surface area (Å²) in [6.45, 7) is 8.40. The standard InChI is InChI=1S/C15H26N2O2/c1-12(2)15(6-7-16-11-15)14(18)17-8-4-13(5-9-17)10-19-3/h4,12,16H,5-11H2,1-3H3. The van der Waals surface area contributed by atoms with Crippen LogP contribution in [0.4, 0.5) is 0 Å². The van der Waals surface area contributed by atoms with Crippen molar-refractivity contribution in [3.8, 4) is 0 Å². The SMILES string of the molecule is COCC1=CCN(C(=O)C2(C(C)C)CCNC2)CC1. The largest absolute Gasteiger partial charge is 0.380 e. The Morgan fingerprint density at radius 2 is 2.37 bits per heavy atom. The zero-order valence-electron chi connectivity index (χ0n) is 12.4. The third-order valence-electron chi connectivity index (χ3n) is 4.64. The lowest BCUT2D eigenvalue weighted by molar-refractivity contribution is -0.143. The lowest BCUT2D eigenvalue weighted by Gasteiger charge is -2.38. The average Bonchev–Trinajstić information content (AvgIpc) is 2.90. The van der Waals surface area contributed by atoms with E-state index in [1.54, 1.807) is 7.11 Å². The van der Waals surface area contributed by atoms with Gasteiger partial charge in [0.2, 0.25) is 5.91 Å². The lowest BCUT2D eigenvalue weighted by Crippen LogP contribution is -2.49. The Balaban J connectivity index is 2.04. The molecule has 0 aromatic heterocycles. The molecule has 2 aliphatic rings. The van der Waals surface area contributed by atoms with Gasteiger partial charge in [-0.25, -0.2) is 0 Å². The number of nitrogens with zero attached hydrogens (tertiary/aromatic N) is 1. The van der Waals surface area contributed by atoms with Gasteiger partial charge in [0.25, 0.3) is 0 Å². The zero-order chi connectivity index (χ0) is 13.9. The van der Waals surface area contributed by atoms with Crippen LogP contribution in [-0.4, -0.2) is 50.7 Å². The van der Waals surface area contributed by atoms with Gasteiger partial charge in [0.05, 0.1) is 12.0 Å². The zero-order valence-corrected chi connectivity index (χ0v) is 12.4. The summed E-state index contributed by atoms with van der Waals surface area (Å²) in [5, 5.41) is 3.36. The minimum absolute atomic E-state index is 0.188. The van der Waals surface area contributed by atoms with E-state index >= 15 is 0 Å². The van der Waals surface area contributed by atoms with Gasteiger partial charge < -0.3 is 15.0 Å². The summed E-state index contributed by atoms with van der Waals surface area (Å²) in [7, 11) is 1.72. The molecule has 0 aliphatic carbocycles. The van der Waals surface area contributed by atoms with Crippen LogP contribution < -0.4 is 5.32 Å². The molecule has 0 bridgehead atoms. The summed E-state index contributed by atoms with van der Waals surface area (Å²) < 4.78 is 5.15. The van der Waals surface area contributed by atoms with Gasteiger partial charge in [-0.15, -0.1) is 0 Å². The Kier molecular flexibility index (Phi) is 4.63. The van der Waals surface area contributed by atoms with E-state index < -0.39 is 0 Å². The number of ether oxygens (including phenoxy) is 1. The van der Waals surface area contributed by atoms with Crippen molar-refractivity contribution in [2.24, 2.45) is 11.3 Å². The highest BCUT2D eigenvalue weighted by molar-refractivity contribution is 5.84. The maximum atomic E-state index is 12.9. The molecule has 19 heavy (non-hydrogen) atoms. The van der Waals surface area contributed by atoms with Crippen molar-refractivity contribution in [2.45, 2.75) is 26.7 Å². The molecule has 4 nitrogen and oxygen atoms in total. The van der Waals surface area contributed by atoms with Crippen LogP contribution in [0.25, 0.3) is 0 Å². The van der Waals surface area contributed by atoms with E-state index in [9.17, 15) is 4.79 Å². The van der Waals surface area contributed by atoms with E-state index in [2.05, 4.69) is 25.2 Å². The van der Waals surface area contributed by atoms with Gasteiger partial charge in [0.15, 0.2) is 0 Å². The monoisotopic (exact) mass is 266 g/mol. The smallest absolute Gasteiger partial charge is 0.230 e. The van der Waals surface area contributed by atoms with Crippen LogP contribution in [-0.2, 0) is 9.53 Å². The highest BCUT2D eigenvalue weighted by Gasteiger charge is 2.45. The van der Waals surface area contributed by atoms with Crippen molar-refractivity contribution >= 4 is 5.91 Å². The second kappa shape index (κ2) is 6.06. The predicted molar refractivity (Wildman–Crippen MR) is 75.9 cm³/mol. The minimum Gasteiger partial charge on any atom is -0.380 e. The van der Waals surface area contributed by atoms with E-state index in [-0.39, 0.29) is 5.41 Å². The molecule has 1 saturated heterocycles. The van der Waals surface area contributed by atoms with Crippen molar-refractivity contribution in [2.75, 3.05) is 39.9 Å². The number of methoxy groups -OCH3 is 1. The highest BCUT2D eigenvalue weighted by Crippen LogP contribution is 2.36. The van der Waals surface area contributed by atoms with Crippen molar-refractivity contribution < 1.29 is 9.53 Å². The van der Waals surface area contributed by atoms with Crippen LogP contribution in [0, 0.1) is 11.3 Å². The molecule has 2 heterocycles. The molecule has 2 rings (SSSR count). The molecule has 0 aromatic rings. The van der Waals surface area contributed by atoms with E-state index in [1.165, 1.54) is 5.57 Å². The molecule has 0 radical (unpaired) electrons. The number of carbonyl (C=O) groups is 1. The first-order chi connectivity index (χ1) is 9.10. The number of nitrogens with one attached hydrogen (secondary N) is 1. The van der Waals surface area contributed by atoms with Crippen LogP contribution in [0.2, 0.25) is 0 Å². The molecule has 0 saturated carbocycles. The first-order valence-corrected chi connectivity index (χ1v) is 7.27. The Bertz CT molecular complexity index is 357. The Morgan fingerprint density at radius 3 is 2.84 bits per heavy atom. The molecule has 0 aromatic carbocycles. The van der Waals surface area contributed by atoms with Crippen LogP contribution in [0.3, 0.4) is 0 Å². The summed E-state index contributed by atoms with van der Waals surface area (Å²) in [5.41, 5.74) is 1.13. The van der Waals surface area contributed by atoms with Gasteiger partial charge in [0, 0.05) is 26.7 Å². The third-order valence-corrected chi connectivity index (χ3v) is 4.64. The van der Waals surface area contributed by atoms with Gasteiger partial charge in [-0.05, 0) is 30.9 Å². The molecule has 1 atom stereocenters. The summed E-state index contributed by atoms with van der Waals surface area (Å²) in [4.78, 5) is 14.9. The predicted octanol–water partition coefficient (Wildman–Crippen LogP) is 1.43. The molecule has 108 valence electrons. The van der Waals surface area contributed by atoms with Gasteiger partial charge in [-0.2, -0.15) is 0 Å². The van der Waals surface area contributed by atoms with Gasteiger partial charge >= 0.3 is 0 Å². The summed E-state index contributed by atoms with van der Waals surface area (Å²) in [5.74, 6) is 0.722. The molecule has 2 aliphatic heterocycles. The van der Waals surface area contributed by atoms with Crippen LogP contribution in [0.1, 0.15) is 26.7 Å². The average molecular weight is 266 g/mol. The maximum Gasteiger partial charge on any atom is 0.230 e. The number of hydrogen-bond donors (Lipinski definition) is 1.